The number of Topliss-reactive ketones (excluding diaryl/α,β-unsaturated/α-hetero) is 1. The molecule has 4 atom stereocenters. The van der Waals surface area contributed by atoms with Gasteiger partial charge in [-0.05, 0) is 18.6 Å². The van der Waals surface area contributed by atoms with E-state index in [2.05, 4.69) is 0 Å². The maximum absolute atomic E-state index is 10.8. The molecular formula is C12H14O6. The number of carbonyl (C=O) groups excluding carboxylic acids is 2. The van der Waals surface area contributed by atoms with Gasteiger partial charge in [0.25, 0.3) is 0 Å². The van der Waals surface area contributed by atoms with Crippen LogP contribution in [-0.2, 0) is 28.5 Å². The van der Waals surface area contributed by atoms with Crippen molar-refractivity contribution in [1.29, 1.82) is 0 Å². The van der Waals surface area contributed by atoms with Crippen LogP contribution in [0.3, 0.4) is 0 Å². The van der Waals surface area contributed by atoms with E-state index in [4.69, 9.17) is 18.9 Å². The molecule has 0 N–H and O–H groups in total. The van der Waals surface area contributed by atoms with E-state index in [0.717, 1.165) is 6.42 Å². The number of hydrogen-bond acceptors (Lipinski definition) is 6. The molecule has 0 radical (unpaired) electrons. The average Bonchev–Trinajstić information content (AvgIpc) is 2.97. The van der Waals surface area contributed by atoms with Crippen molar-refractivity contribution in [2.24, 2.45) is 0 Å². The van der Waals surface area contributed by atoms with Crippen molar-refractivity contribution in [2.45, 2.75) is 37.6 Å². The lowest BCUT2D eigenvalue weighted by Gasteiger charge is -2.15. The molecule has 4 rings (SSSR count). The lowest BCUT2D eigenvalue weighted by atomic mass is 10.1. The van der Waals surface area contributed by atoms with E-state index in [1.807, 2.05) is 0 Å². The first-order valence-corrected chi connectivity index (χ1v) is 6.01. The molecule has 4 heterocycles. The number of fused-ring (bicyclic) bond motifs is 4. The molecule has 3 fully saturated rings. The van der Waals surface area contributed by atoms with Crippen molar-refractivity contribution in [1.82, 2.24) is 0 Å². The Bertz CT molecular complexity index is 390. The minimum absolute atomic E-state index is 0.0210. The van der Waals surface area contributed by atoms with E-state index in [0.29, 0.717) is 19.6 Å². The minimum Gasteiger partial charge on any atom is -0.343 e. The minimum atomic E-state index is -0.597. The monoisotopic (exact) mass is 254 g/mol. The molecule has 0 aromatic heterocycles. The number of ether oxygens (including phenoxy) is 4. The Morgan fingerprint density at radius 3 is 2.67 bits per heavy atom. The lowest BCUT2D eigenvalue weighted by molar-refractivity contribution is -0.152. The standard InChI is InChI=1S/C6H8O3.C6H6O3/c2*7-5-2-1-4-3-8-6(5)9-4/h4,6H,1-3H2;1-2,4,6H,3H2. The van der Waals surface area contributed by atoms with Gasteiger partial charge in [-0.2, -0.15) is 0 Å². The largest absolute Gasteiger partial charge is 0.343 e. The second-order valence-corrected chi connectivity index (χ2v) is 4.53. The van der Waals surface area contributed by atoms with Crippen LogP contribution in [-0.4, -0.2) is 49.6 Å². The molecule has 6 heteroatoms. The van der Waals surface area contributed by atoms with Gasteiger partial charge in [-0.15, -0.1) is 0 Å². The smallest absolute Gasteiger partial charge is 0.222 e. The van der Waals surface area contributed by atoms with Crippen LogP contribution in [0.15, 0.2) is 12.2 Å². The second-order valence-electron chi connectivity index (χ2n) is 4.53. The molecule has 18 heavy (non-hydrogen) atoms. The summed E-state index contributed by atoms with van der Waals surface area (Å²) in [5, 5.41) is 0. The quantitative estimate of drug-likeness (QED) is 0.604. The molecular weight excluding hydrogens is 240 g/mol. The first-order chi connectivity index (χ1) is 8.72. The van der Waals surface area contributed by atoms with Crippen LogP contribution >= 0.6 is 0 Å². The van der Waals surface area contributed by atoms with Crippen molar-refractivity contribution in [3.63, 3.8) is 0 Å². The fourth-order valence-corrected chi connectivity index (χ4v) is 2.14. The summed E-state index contributed by atoms with van der Waals surface area (Å²) in [6.07, 6.45) is 3.84. The third-order valence-electron chi connectivity index (χ3n) is 3.14. The summed E-state index contributed by atoms with van der Waals surface area (Å²) in [4.78, 5) is 21.5. The van der Waals surface area contributed by atoms with Gasteiger partial charge in [0.2, 0.25) is 18.4 Å². The summed E-state index contributed by atoms with van der Waals surface area (Å²) in [5.74, 6) is 0.0208. The summed E-state index contributed by atoms with van der Waals surface area (Å²) < 4.78 is 20.2. The SMILES string of the molecule is O=C1C=CC2COC1O2.O=C1CCC2COC1O2. The van der Waals surface area contributed by atoms with Crippen LogP contribution in [0.25, 0.3) is 0 Å². The number of carbonyl (C=O) groups is 2. The summed E-state index contributed by atoms with van der Waals surface area (Å²) in [6, 6.07) is 0. The van der Waals surface area contributed by atoms with Gasteiger partial charge in [0.1, 0.15) is 6.10 Å². The summed E-state index contributed by atoms with van der Waals surface area (Å²) >= 11 is 0. The van der Waals surface area contributed by atoms with Gasteiger partial charge in [-0.25, -0.2) is 0 Å². The summed E-state index contributed by atoms with van der Waals surface area (Å²) in [6.45, 7) is 1.13. The first-order valence-electron chi connectivity index (χ1n) is 6.01. The zero-order chi connectivity index (χ0) is 12.5. The van der Waals surface area contributed by atoms with Gasteiger partial charge in [0.05, 0.1) is 19.3 Å². The van der Waals surface area contributed by atoms with Crippen LogP contribution in [0, 0.1) is 0 Å². The molecule has 0 spiro atoms. The zero-order valence-electron chi connectivity index (χ0n) is 9.74. The predicted molar refractivity (Wildman–Crippen MR) is 57.6 cm³/mol. The Hall–Kier alpha value is -1.08. The first kappa shape index (κ1) is 12.0. The highest BCUT2D eigenvalue weighted by molar-refractivity contribution is 5.93. The third-order valence-corrected chi connectivity index (χ3v) is 3.14. The van der Waals surface area contributed by atoms with Gasteiger partial charge in [-0.3, -0.25) is 9.59 Å². The van der Waals surface area contributed by atoms with E-state index in [1.165, 1.54) is 6.08 Å². The van der Waals surface area contributed by atoms with Crippen LogP contribution in [0.5, 0.6) is 0 Å². The van der Waals surface area contributed by atoms with Crippen molar-refractivity contribution < 1.29 is 28.5 Å². The van der Waals surface area contributed by atoms with Crippen molar-refractivity contribution in [3.05, 3.63) is 12.2 Å². The van der Waals surface area contributed by atoms with Crippen LogP contribution < -0.4 is 0 Å². The highest BCUT2D eigenvalue weighted by Gasteiger charge is 2.36. The van der Waals surface area contributed by atoms with Gasteiger partial charge in [0, 0.05) is 6.42 Å². The van der Waals surface area contributed by atoms with E-state index in [1.54, 1.807) is 6.08 Å². The number of ketones is 2. The Balaban J connectivity index is 0.000000111. The van der Waals surface area contributed by atoms with Crippen molar-refractivity contribution in [2.75, 3.05) is 13.2 Å². The molecule has 3 saturated heterocycles. The molecule has 4 bridgehead atoms. The summed E-state index contributed by atoms with van der Waals surface area (Å²) in [5.41, 5.74) is 0. The van der Waals surface area contributed by atoms with Crippen LogP contribution in [0.4, 0.5) is 0 Å². The van der Waals surface area contributed by atoms with Gasteiger partial charge >= 0.3 is 0 Å². The van der Waals surface area contributed by atoms with Gasteiger partial charge in [0.15, 0.2) is 5.78 Å². The zero-order valence-corrected chi connectivity index (χ0v) is 9.74. The molecule has 0 aliphatic carbocycles. The molecule has 4 unspecified atom stereocenters. The Kier molecular flexibility index (Phi) is 3.25. The van der Waals surface area contributed by atoms with Gasteiger partial charge < -0.3 is 18.9 Å². The molecule has 4 aliphatic heterocycles. The fourth-order valence-electron chi connectivity index (χ4n) is 2.14. The molecule has 4 aliphatic rings. The number of rotatable bonds is 0. The lowest BCUT2D eigenvalue weighted by Crippen LogP contribution is -2.27. The van der Waals surface area contributed by atoms with Crippen molar-refractivity contribution >= 4 is 11.6 Å². The average molecular weight is 254 g/mol. The van der Waals surface area contributed by atoms with E-state index < -0.39 is 12.6 Å². The topological polar surface area (TPSA) is 71.1 Å². The van der Waals surface area contributed by atoms with Crippen molar-refractivity contribution in [3.8, 4) is 0 Å². The molecule has 0 aromatic rings. The molecule has 98 valence electrons. The Labute approximate surface area is 104 Å². The van der Waals surface area contributed by atoms with E-state index in [-0.39, 0.29) is 23.8 Å². The Morgan fingerprint density at radius 1 is 1.06 bits per heavy atom. The predicted octanol–water partition coefficient (Wildman–Crippen LogP) is -0.0424. The number of hydrogen-bond donors (Lipinski definition) is 0. The van der Waals surface area contributed by atoms with E-state index in [9.17, 15) is 9.59 Å². The molecule has 6 nitrogen and oxygen atoms in total. The highest BCUT2D eigenvalue weighted by atomic mass is 16.7. The van der Waals surface area contributed by atoms with Crippen LogP contribution in [0.1, 0.15) is 12.8 Å². The maximum atomic E-state index is 10.8. The fraction of sp³-hybridized carbons (Fsp3) is 0.667. The van der Waals surface area contributed by atoms with Crippen LogP contribution in [0.2, 0.25) is 0 Å². The summed E-state index contributed by atoms with van der Waals surface area (Å²) in [7, 11) is 0. The molecule has 0 amide bonds. The normalized spacial score (nSPS) is 40.7. The highest BCUT2D eigenvalue weighted by Crippen LogP contribution is 2.23. The maximum Gasteiger partial charge on any atom is 0.222 e. The van der Waals surface area contributed by atoms with Gasteiger partial charge in [-0.1, -0.05) is 0 Å². The second kappa shape index (κ2) is 4.89. The van der Waals surface area contributed by atoms with E-state index >= 15 is 0 Å². The molecule has 0 aromatic carbocycles. The Morgan fingerprint density at radius 2 is 1.89 bits per heavy atom. The molecule has 0 saturated carbocycles. The third kappa shape index (κ3) is 2.37.